The number of hydrogen-bond donors (Lipinski definition) is 1. The molecule has 0 saturated heterocycles. The van der Waals surface area contributed by atoms with Crippen LogP contribution in [0.2, 0.25) is 0 Å². The van der Waals surface area contributed by atoms with E-state index in [-0.39, 0.29) is 6.79 Å². The molecule has 0 aliphatic carbocycles. The zero-order valence-electron chi connectivity index (χ0n) is 11.8. The predicted molar refractivity (Wildman–Crippen MR) is 83.2 cm³/mol. The van der Waals surface area contributed by atoms with Crippen molar-refractivity contribution < 1.29 is 19.0 Å². The van der Waals surface area contributed by atoms with E-state index in [1.165, 1.54) is 0 Å². The highest BCUT2D eigenvalue weighted by Gasteiger charge is 2.17. The van der Waals surface area contributed by atoms with Crippen molar-refractivity contribution >= 4 is 28.7 Å². The fourth-order valence-corrected chi connectivity index (χ4v) is 2.47. The molecular formula is C14H18INO4. The molecular weight excluding hydrogens is 373 g/mol. The van der Waals surface area contributed by atoms with Gasteiger partial charge in [0, 0.05) is 10.1 Å². The highest BCUT2D eigenvalue weighted by atomic mass is 127. The van der Waals surface area contributed by atoms with Gasteiger partial charge in [0.15, 0.2) is 11.5 Å². The normalized spacial score (nSPS) is 13.2. The topological polar surface area (TPSA) is 56.8 Å². The van der Waals surface area contributed by atoms with Crippen LogP contribution in [0.5, 0.6) is 11.5 Å². The molecule has 1 aromatic rings. The van der Waals surface area contributed by atoms with Gasteiger partial charge < -0.3 is 19.5 Å². The molecule has 0 atom stereocenters. The van der Waals surface area contributed by atoms with Gasteiger partial charge in [-0.1, -0.05) is 0 Å². The van der Waals surface area contributed by atoms with Crippen LogP contribution in [0, 0.1) is 3.57 Å². The van der Waals surface area contributed by atoms with E-state index < -0.39 is 11.7 Å². The van der Waals surface area contributed by atoms with Crippen LogP contribution in [0.4, 0.5) is 4.79 Å². The Labute approximate surface area is 132 Å². The van der Waals surface area contributed by atoms with Crippen LogP contribution in [-0.4, -0.2) is 25.0 Å². The van der Waals surface area contributed by atoms with E-state index in [4.69, 9.17) is 14.2 Å². The lowest BCUT2D eigenvalue weighted by molar-refractivity contribution is 0.0528. The third-order valence-corrected chi connectivity index (χ3v) is 3.61. The number of rotatable bonds is 3. The Morgan fingerprint density at radius 2 is 2.00 bits per heavy atom. The minimum atomic E-state index is -0.475. The van der Waals surface area contributed by atoms with Gasteiger partial charge in [0.05, 0.1) is 0 Å². The Kier molecular flexibility index (Phi) is 4.62. The van der Waals surface area contributed by atoms with Crippen molar-refractivity contribution in [2.75, 3.05) is 13.3 Å². The summed E-state index contributed by atoms with van der Waals surface area (Å²) in [6, 6.07) is 3.91. The molecule has 0 fully saturated rings. The summed E-state index contributed by atoms with van der Waals surface area (Å²) in [6.07, 6.45) is 0.321. The van der Waals surface area contributed by atoms with E-state index in [0.29, 0.717) is 13.0 Å². The maximum absolute atomic E-state index is 11.5. The summed E-state index contributed by atoms with van der Waals surface area (Å²) in [6.45, 7) is 6.31. The number of carbonyl (C=O) groups is 1. The first kappa shape index (κ1) is 15.2. The number of nitrogens with one attached hydrogen (secondary N) is 1. The van der Waals surface area contributed by atoms with E-state index >= 15 is 0 Å². The number of benzene rings is 1. The van der Waals surface area contributed by atoms with E-state index in [1.54, 1.807) is 0 Å². The van der Waals surface area contributed by atoms with E-state index in [0.717, 1.165) is 20.6 Å². The van der Waals surface area contributed by atoms with Crippen molar-refractivity contribution in [1.82, 2.24) is 5.32 Å². The summed E-state index contributed by atoms with van der Waals surface area (Å²) in [4.78, 5) is 11.5. The van der Waals surface area contributed by atoms with Gasteiger partial charge in [-0.3, -0.25) is 0 Å². The number of fused-ring (bicyclic) bond motifs is 1. The number of halogens is 1. The Morgan fingerprint density at radius 1 is 1.35 bits per heavy atom. The zero-order valence-corrected chi connectivity index (χ0v) is 13.9. The van der Waals surface area contributed by atoms with Gasteiger partial charge in [-0.05, 0) is 67.5 Å². The van der Waals surface area contributed by atoms with Crippen LogP contribution in [-0.2, 0) is 11.2 Å². The summed E-state index contributed by atoms with van der Waals surface area (Å²) in [5.41, 5.74) is 0.642. The highest BCUT2D eigenvalue weighted by molar-refractivity contribution is 14.1. The second-order valence-electron chi connectivity index (χ2n) is 5.48. The third-order valence-electron chi connectivity index (χ3n) is 2.60. The molecule has 0 bridgehead atoms. The molecule has 0 aromatic heterocycles. The summed E-state index contributed by atoms with van der Waals surface area (Å²) >= 11 is 2.25. The number of ether oxygens (including phenoxy) is 3. The lowest BCUT2D eigenvalue weighted by Gasteiger charge is -2.19. The Morgan fingerprint density at radius 3 is 2.65 bits per heavy atom. The van der Waals surface area contributed by atoms with Crippen molar-refractivity contribution in [3.63, 3.8) is 0 Å². The van der Waals surface area contributed by atoms with Gasteiger partial charge >= 0.3 is 6.09 Å². The van der Waals surface area contributed by atoms with Crippen molar-refractivity contribution in [2.24, 2.45) is 0 Å². The molecule has 5 nitrogen and oxygen atoms in total. The fraction of sp³-hybridized carbons (Fsp3) is 0.500. The summed E-state index contributed by atoms with van der Waals surface area (Å²) in [5.74, 6) is 1.54. The van der Waals surface area contributed by atoms with Gasteiger partial charge in [-0.2, -0.15) is 0 Å². The second kappa shape index (κ2) is 6.07. The molecule has 1 N–H and O–H groups in total. The Balaban J connectivity index is 1.87. The van der Waals surface area contributed by atoms with Crippen molar-refractivity contribution in [2.45, 2.75) is 32.8 Å². The van der Waals surface area contributed by atoms with Crippen LogP contribution in [0.15, 0.2) is 12.1 Å². The Hall–Kier alpha value is -1.18. The lowest BCUT2D eigenvalue weighted by Crippen LogP contribution is -2.33. The fourth-order valence-electron chi connectivity index (χ4n) is 1.76. The van der Waals surface area contributed by atoms with Crippen LogP contribution in [0.1, 0.15) is 26.3 Å². The summed E-state index contributed by atoms with van der Waals surface area (Å²) in [7, 11) is 0. The maximum Gasteiger partial charge on any atom is 0.407 e. The van der Waals surface area contributed by atoms with E-state index in [1.807, 2.05) is 32.9 Å². The van der Waals surface area contributed by atoms with Gasteiger partial charge in [-0.25, -0.2) is 4.79 Å². The predicted octanol–water partition coefficient (Wildman–Crippen LogP) is 3.09. The molecule has 1 amide bonds. The highest BCUT2D eigenvalue weighted by Crippen LogP contribution is 2.35. The van der Waals surface area contributed by atoms with Crippen molar-refractivity contribution in [1.29, 1.82) is 0 Å². The molecule has 20 heavy (non-hydrogen) atoms. The molecule has 110 valence electrons. The summed E-state index contributed by atoms with van der Waals surface area (Å²) < 4.78 is 16.9. The van der Waals surface area contributed by atoms with Gasteiger partial charge in [0.25, 0.3) is 0 Å². The molecule has 2 rings (SSSR count). The first-order valence-corrected chi connectivity index (χ1v) is 7.48. The van der Waals surface area contributed by atoms with Crippen LogP contribution in [0.3, 0.4) is 0 Å². The second-order valence-corrected chi connectivity index (χ2v) is 6.64. The number of alkyl carbamates (subject to hydrolysis) is 1. The molecule has 0 saturated carbocycles. The molecule has 1 aliphatic rings. The quantitative estimate of drug-likeness (QED) is 0.805. The molecule has 6 heteroatoms. The van der Waals surface area contributed by atoms with Gasteiger partial charge in [-0.15, -0.1) is 0 Å². The first-order chi connectivity index (χ1) is 9.35. The van der Waals surface area contributed by atoms with Crippen LogP contribution in [0.25, 0.3) is 0 Å². The van der Waals surface area contributed by atoms with Crippen molar-refractivity contribution in [3.8, 4) is 11.5 Å². The summed E-state index contributed by atoms with van der Waals surface area (Å²) in [5, 5.41) is 2.75. The number of carbonyl (C=O) groups excluding carboxylic acids is 1. The number of amides is 1. The van der Waals surface area contributed by atoms with Gasteiger partial charge in [0.2, 0.25) is 6.79 Å². The third kappa shape index (κ3) is 4.16. The molecule has 1 heterocycles. The number of hydrogen-bond acceptors (Lipinski definition) is 4. The SMILES string of the molecule is CC(C)(C)OC(=O)NCCc1cc2c(cc1I)OCO2. The maximum atomic E-state index is 11.5. The largest absolute Gasteiger partial charge is 0.454 e. The standard InChI is InChI=1S/C14H18INO4/c1-14(2,3)20-13(17)16-5-4-9-6-11-12(7-10(9)15)19-8-18-11/h6-7H,4-5,8H2,1-3H3,(H,16,17). The minimum absolute atomic E-state index is 0.269. The minimum Gasteiger partial charge on any atom is -0.454 e. The molecule has 0 spiro atoms. The van der Waals surface area contributed by atoms with E-state index in [9.17, 15) is 4.79 Å². The smallest absolute Gasteiger partial charge is 0.407 e. The van der Waals surface area contributed by atoms with Crippen molar-refractivity contribution in [3.05, 3.63) is 21.3 Å². The molecule has 0 unspecified atom stereocenters. The monoisotopic (exact) mass is 391 g/mol. The van der Waals surface area contributed by atoms with E-state index in [2.05, 4.69) is 27.9 Å². The Bertz CT molecular complexity index is 511. The van der Waals surface area contributed by atoms with Crippen LogP contribution >= 0.6 is 22.6 Å². The van der Waals surface area contributed by atoms with Gasteiger partial charge in [0.1, 0.15) is 5.60 Å². The lowest BCUT2D eigenvalue weighted by atomic mass is 10.1. The van der Waals surface area contributed by atoms with Crippen LogP contribution < -0.4 is 14.8 Å². The average Bonchev–Trinajstić information content (AvgIpc) is 2.73. The molecule has 0 radical (unpaired) electrons. The zero-order chi connectivity index (χ0) is 14.8. The molecule has 1 aliphatic heterocycles. The molecule has 1 aromatic carbocycles. The first-order valence-electron chi connectivity index (χ1n) is 6.40. The average molecular weight is 391 g/mol.